The van der Waals surface area contributed by atoms with Gasteiger partial charge < -0.3 is 23.7 Å². The van der Waals surface area contributed by atoms with Crippen LogP contribution >= 0.6 is 0 Å². The van der Waals surface area contributed by atoms with E-state index in [-0.39, 0.29) is 12.9 Å². The van der Waals surface area contributed by atoms with Crippen molar-refractivity contribution < 1.29 is 23.7 Å². The Morgan fingerprint density at radius 2 is 1.86 bits per heavy atom. The molecule has 0 radical (unpaired) electrons. The lowest BCUT2D eigenvalue weighted by molar-refractivity contribution is -0.0718. The van der Waals surface area contributed by atoms with Crippen molar-refractivity contribution in [2.24, 2.45) is 5.92 Å². The first-order valence-corrected chi connectivity index (χ1v) is 9.82. The Bertz CT molecular complexity index is 553. The molecule has 0 spiro atoms. The molecule has 0 saturated carbocycles. The maximum atomic E-state index is 6.16. The van der Waals surface area contributed by atoms with E-state index in [1.54, 1.807) is 14.2 Å². The van der Waals surface area contributed by atoms with Crippen molar-refractivity contribution in [2.45, 2.75) is 39.4 Å². The van der Waals surface area contributed by atoms with E-state index < -0.39 is 0 Å². The second-order valence-corrected chi connectivity index (χ2v) is 6.64. The van der Waals surface area contributed by atoms with Crippen molar-refractivity contribution >= 4 is 0 Å². The largest absolute Gasteiger partial charge is 0.497 e. The summed E-state index contributed by atoms with van der Waals surface area (Å²) >= 11 is 0. The van der Waals surface area contributed by atoms with Crippen molar-refractivity contribution in [3.8, 4) is 5.75 Å². The summed E-state index contributed by atoms with van der Waals surface area (Å²) in [6.07, 6.45) is 5.92. The average molecular weight is 393 g/mol. The molecule has 5 nitrogen and oxygen atoms in total. The van der Waals surface area contributed by atoms with Crippen molar-refractivity contribution in [3.63, 3.8) is 0 Å². The molecule has 5 heteroatoms. The minimum Gasteiger partial charge on any atom is -0.497 e. The van der Waals surface area contributed by atoms with Crippen LogP contribution < -0.4 is 4.74 Å². The van der Waals surface area contributed by atoms with Crippen molar-refractivity contribution in [1.82, 2.24) is 0 Å². The van der Waals surface area contributed by atoms with E-state index in [0.717, 1.165) is 24.2 Å². The zero-order valence-corrected chi connectivity index (χ0v) is 17.8. The summed E-state index contributed by atoms with van der Waals surface area (Å²) in [4.78, 5) is 0. The molecule has 0 aliphatic heterocycles. The van der Waals surface area contributed by atoms with Crippen LogP contribution in [0.5, 0.6) is 5.75 Å². The lowest BCUT2D eigenvalue weighted by Gasteiger charge is -2.20. The molecule has 1 aromatic carbocycles. The van der Waals surface area contributed by atoms with E-state index >= 15 is 0 Å². The first kappa shape index (κ1) is 24.4. The SMILES string of the molecule is C=CC[C@H](OCc1ccc(OC)cc1)/C(C)=C\[C@@H](CC)COCOCCOC. The highest BCUT2D eigenvalue weighted by Gasteiger charge is 2.13. The Morgan fingerprint density at radius 1 is 1.11 bits per heavy atom. The van der Waals surface area contributed by atoms with Crippen molar-refractivity contribution in [3.05, 3.63) is 54.1 Å². The Balaban J connectivity index is 2.54. The number of benzene rings is 1. The van der Waals surface area contributed by atoms with Gasteiger partial charge in [0, 0.05) is 13.0 Å². The molecule has 0 heterocycles. The highest BCUT2D eigenvalue weighted by molar-refractivity contribution is 5.26. The molecule has 0 saturated heterocycles. The first-order valence-electron chi connectivity index (χ1n) is 9.82. The van der Waals surface area contributed by atoms with E-state index in [4.69, 9.17) is 23.7 Å². The maximum Gasteiger partial charge on any atom is 0.146 e. The third kappa shape index (κ3) is 10.0. The fourth-order valence-corrected chi connectivity index (χ4v) is 2.68. The van der Waals surface area contributed by atoms with Crippen LogP contribution in [-0.2, 0) is 25.6 Å². The molecule has 0 aliphatic carbocycles. The zero-order chi connectivity index (χ0) is 20.6. The van der Waals surface area contributed by atoms with Gasteiger partial charge in [-0.3, -0.25) is 0 Å². The zero-order valence-electron chi connectivity index (χ0n) is 17.8. The quantitative estimate of drug-likeness (QED) is 0.230. The highest BCUT2D eigenvalue weighted by atomic mass is 16.7. The molecule has 0 aromatic heterocycles. The van der Waals surface area contributed by atoms with Gasteiger partial charge in [-0.1, -0.05) is 31.2 Å². The summed E-state index contributed by atoms with van der Waals surface area (Å²) in [5.74, 6) is 1.17. The van der Waals surface area contributed by atoms with Gasteiger partial charge in [-0.05, 0) is 43.0 Å². The van der Waals surface area contributed by atoms with Crippen LogP contribution in [0, 0.1) is 5.92 Å². The Kier molecular flexibility index (Phi) is 13.3. The standard InChI is InChI=1S/C23H36O5/c1-6-8-23(28-17-21-9-11-22(25-5)12-10-21)19(3)15-20(7-2)16-27-18-26-14-13-24-4/h6,9-12,15,20,23H,1,7-8,13-14,16-18H2,2-5H3/b19-15-/t20-,23+/m1/s1. The Labute approximate surface area is 170 Å². The molecule has 0 unspecified atom stereocenters. The van der Waals surface area contributed by atoms with E-state index in [1.165, 1.54) is 5.57 Å². The molecule has 0 amide bonds. The van der Waals surface area contributed by atoms with Crippen LogP contribution in [0.15, 0.2) is 48.6 Å². The molecule has 0 bridgehead atoms. The minimum absolute atomic E-state index is 0.00612. The second kappa shape index (κ2) is 15.3. The third-order valence-electron chi connectivity index (χ3n) is 4.45. The maximum absolute atomic E-state index is 6.16. The molecule has 158 valence electrons. The van der Waals surface area contributed by atoms with Crippen molar-refractivity contribution in [1.29, 1.82) is 0 Å². The van der Waals surface area contributed by atoms with Gasteiger partial charge in [0.15, 0.2) is 0 Å². The van der Waals surface area contributed by atoms with Gasteiger partial charge in [-0.25, -0.2) is 0 Å². The van der Waals surface area contributed by atoms with E-state index in [9.17, 15) is 0 Å². The van der Waals surface area contributed by atoms with Gasteiger partial charge >= 0.3 is 0 Å². The predicted octanol–water partition coefficient (Wildman–Crippen LogP) is 4.77. The van der Waals surface area contributed by atoms with Gasteiger partial charge in [-0.2, -0.15) is 0 Å². The molecule has 0 N–H and O–H groups in total. The second-order valence-electron chi connectivity index (χ2n) is 6.64. The van der Waals surface area contributed by atoms with Crippen LogP contribution in [0.25, 0.3) is 0 Å². The fourth-order valence-electron chi connectivity index (χ4n) is 2.68. The minimum atomic E-state index is 0.00612. The van der Waals surface area contributed by atoms with Crippen LogP contribution in [0.4, 0.5) is 0 Å². The Morgan fingerprint density at radius 3 is 2.46 bits per heavy atom. The summed E-state index contributed by atoms with van der Waals surface area (Å²) < 4.78 is 27.3. The van der Waals surface area contributed by atoms with E-state index in [0.29, 0.717) is 32.3 Å². The molecule has 2 atom stereocenters. The molecule has 1 rings (SSSR count). The lowest BCUT2D eigenvalue weighted by Crippen LogP contribution is -2.16. The Hall–Kier alpha value is -1.66. The normalized spacial score (nSPS) is 13.9. The molecular formula is C23H36O5. The van der Waals surface area contributed by atoms with Gasteiger partial charge in [0.25, 0.3) is 0 Å². The first-order chi connectivity index (χ1) is 13.6. The van der Waals surface area contributed by atoms with Gasteiger partial charge in [-0.15, -0.1) is 6.58 Å². The molecule has 0 fully saturated rings. The van der Waals surface area contributed by atoms with Crippen LogP contribution in [0.3, 0.4) is 0 Å². The molecule has 28 heavy (non-hydrogen) atoms. The number of rotatable bonds is 16. The molecule has 1 aromatic rings. The average Bonchev–Trinajstić information content (AvgIpc) is 2.72. The lowest BCUT2D eigenvalue weighted by atomic mass is 10.00. The fraction of sp³-hybridized carbons (Fsp3) is 0.565. The summed E-state index contributed by atoms with van der Waals surface area (Å²) in [6, 6.07) is 7.94. The number of hydrogen-bond donors (Lipinski definition) is 0. The highest BCUT2D eigenvalue weighted by Crippen LogP contribution is 2.19. The van der Waals surface area contributed by atoms with Gasteiger partial charge in [0.1, 0.15) is 12.5 Å². The van der Waals surface area contributed by atoms with Crippen LogP contribution in [0.2, 0.25) is 0 Å². The van der Waals surface area contributed by atoms with Crippen LogP contribution in [-0.4, -0.2) is 46.9 Å². The smallest absolute Gasteiger partial charge is 0.146 e. The molecule has 0 aliphatic rings. The summed E-state index contributed by atoms with van der Waals surface area (Å²) in [5, 5.41) is 0. The van der Waals surface area contributed by atoms with Crippen molar-refractivity contribution in [2.75, 3.05) is 40.8 Å². The predicted molar refractivity (Wildman–Crippen MR) is 113 cm³/mol. The van der Waals surface area contributed by atoms with E-state index in [1.807, 2.05) is 30.3 Å². The number of hydrogen-bond acceptors (Lipinski definition) is 5. The van der Waals surface area contributed by atoms with E-state index in [2.05, 4.69) is 26.5 Å². The molecular weight excluding hydrogens is 356 g/mol. The monoisotopic (exact) mass is 392 g/mol. The number of methoxy groups -OCH3 is 2. The number of ether oxygens (including phenoxy) is 5. The van der Waals surface area contributed by atoms with Gasteiger partial charge in [0.2, 0.25) is 0 Å². The van der Waals surface area contributed by atoms with Crippen LogP contribution in [0.1, 0.15) is 32.3 Å². The third-order valence-corrected chi connectivity index (χ3v) is 4.45. The summed E-state index contributed by atoms with van der Waals surface area (Å²) in [5.41, 5.74) is 2.32. The topological polar surface area (TPSA) is 46.2 Å². The van der Waals surface area contributed by atoms with Gasteiger partial charge in [0.05, 0.1) is 39.6 Å². The summed E-state index contributed by atoms with van der Waals surface area (Å²) in [6.45, 7) is 10.7. The summed E-state index contributed by atoms with van der Waals surface area (Å²) in [7, 11) is 3.32.